The third-order valence-electron chi connectivity index (χ3n) is 15.7. The molecule has 3 aliphatic carbocycles. The summed E-state index contributed by atoms with van der Waals surface area (Å²) in [4.78, 5) is 1.40. The van der Waals surface area contributed by atoms with Crippen molar-refractivity contribution in [2.75, 3.05) is 0 Å². The van der Waals surface area contributed by atoms with Gasteiger partial charge in [-0.15, -0.1) is 11.8 Å². The Hall–Kier alpha value is -7.45. The Morgan fingerprint density at radius 2 is 0.971 bits per heavy atom. The molecule has 0 bridgehead atoms. The number of hydrogen-bond donors (Lipinski definition) is 0. The zero-order valence-electron chi connectivity index (χ0n) is 38.6. The molecule has 10 aromatic carbocycles. The van der Waals surface area contributed by atoms with Crippen molar-refractivity contribution in [3.63, 3.8) is 0 Å². The van der Waals surface area contributed by atoms with E-state index < -0.39 is 0 Å². The summed E-state index contributed by atoms with van der Waals surface area (Å²) in [6.45, 7) is 0. The third-order valence-corrected chi connectivity index (χ3v) is 17.0. The van der Waals surface area contributed by atoms with Crippen LogP contribution in [0.15, 0.2) is 212 Å². The van der Waals surface area contributed by atoms with Crippen LogP contribution >= 0.6 is 11.8 Å². The van der Waals surface area contributed by atoms with Gasteiger partial charge in [0.25, 0.3) is 0 Å². The van der Waals surface area contributed by atoms with Crippen LogP contribution in [0, 0.1) is 5.92 Å². The third kappa shape index (κ3) is 6.89. The van der Waals surface area contributed by atoms with Gasteiger partial charge in [-0.1, -0.05) is 200 Å². The van der Waals surface area contributed by atoms with Crippen LogP contribution in [0.5, 0.6) is 0 Å². The van der Waals surface area contributed by atoms with Crippen LogP contribution in [0.25, 0.3) is 110 Å². The summed E-state index contributed by atoms with van der Waals surface area (Å²) in [6.07, 6.45) is 23.6. The number of rotatable bonds is 6. The molecule has 0 amide bonds. The van der Waals surface area contributed by atoms with Crippen LogP contribution < -0.4 is 10.4 Å². The van der Waals surface area contributed by atoms with Gasteiger partial charge >= 0.3 is 0 Å². The van der Waals surface area contributed by atoms with E-state index in [1.165, 1.54) is 143 Å². The van der Waals surface area contributed by atoms with Gasteiger partial charge in [0, 0.05) is 15.7 Å². The van der Waals surface area contributed by atoms with Crippen molar-refractivity contribution in [3.8, 4) is 33.4 Å². The smallest absolute Gasteiger partial charge is 0.0379 e. The topological polar surface area (TPSA) is 0 Å². The summed E-state index contributed by atoms with van der Waals surface area (Å²) in [6, 6.07) is 66.8. The van der Waals surface area contributed by atoms with E-state index in [9.17, 15) is 0 Å². The molecular formula is C68H50S. The van der Waals surface area contributed by atoms with Crippen molar-refractivity contribution >= 4 is 88.3 Å². The highest BCUT2D eigenvalue weighted by Crippen LogP contribution is 2.52. The minimum absolute atomic E-state index is 0.295. The first-order valence-electron chi connectivity index (χ1n) is 25.0. The second kappa shape index (κ2) is 16.7. The van der Waals surface area contributed by atoms with E-state index in [1.54, 1.807) is 0 Å². The minimum Gasteiger partial charge on any atom is -0.117 e. The average Bonchev–Trinajstić information content (AvgIpc) is 3.91. The largest absolute Gasteiger partial charge is 0.117 e. The quantitative estimate of drug-likeness (QED) is 0.150. The van der Waals surface area contributed by atoms with Crippen molar-refractivity contribution in [2.24, 2.45) is 5.92 Å². The highest BCUT2D eigenvalue weighted by atomic mass is 32.2. The van der Waals surface area contributed by atoms with E-state index in [2.05, 4.69) is 230 Å². The van der Waals surface area contributed by atoms with E-state index >= 15 is 0 Å². The second-order valence-corrected chi connectivity index (χ2v) is 20.8. The van der Waals surface area contributed by atoms with E-state index in [4.69, 9.17) is 0 Å². The predicted molar refractivity (Wildman–Crippen MR) is 300 cm³/mol. The normalized spacial score (nSPS) is 17.6. The lowest BCUT2D eigenvalue weighted by Crippen LogP contribution is -2.32. The minimum atomic E-state index is 0.295. The van der Waals surface area contributed by atoms with Gasteiger partial charge in [0.1, 0.15) is 0 Å². The van der Waals surface area contributed by atoms with Crippen molar-refractivity contribution in [1.29, 1.82) is 0 Å². The molecule has 328 valence electrons. The fourth-order valence-corrected chi connectivity index (χ4v) is 13.6. The van der Waals surface area contributed by atoms with Crippen molar-refractivity contribution < 1.29 is 0 Å². The molecule has 10 aromatic rings. The summed E-state index contributed by atoms with van der Waals surface area (Å²) in [7, 11) is 0. The first-order chi connectivity index (χ1) is 34.2. The Morgan fingerprint density at radius 1 is 0.420 bits per heavy atom. The predicted octanol–water partition coefficient (Wildman–Crippen LogP) is 17.7. The van der Waals surface area contributed by atoms with Gasteiger partial charge in [-0.2, -0.15) is 0 Å². The average molecular weight is 899 g/mol. The van der Waals surface area contributed by atoms with Crippen LogP contribution in [0.4, 0.5) is 0 Å². The molecule has 0 saturated heterocycles. The zero-order chi connectivity index (χ0) is 45.4. The molecule has 0 aromatic heterocycles. The lowest BCUT2D eigenvalue weighted by Gasteiger charge is -2.26. The van der Waals surface area contributed by atoms with Gasteiger partial charge in [-0.3, -0.25) is 0 Å². The van der Waals surface area contributed by atoms with E-state index in [0.717, 1.165) is 25.7 Å². The molecule has 0 fully saturated rings. The lowest BCUT2D eigenvalue weighted by molar-refractivity contribution is 0.572. The Kier molecular flexibility index (Phi) is 9.80. The molecule has 0 radical (unpaired) electrons. The number of allylic oxidation sites excluding steroid dienone is 7. The highest BCUT2D eigenvalue weighted by molar-refractivity contribution is 8.08. The molecule has 0 nitrogen and oxygen atoms in total. The molecule has 1 aliphatic heterocycles. The van der Waals surface area contributed by atoms with Gasteiger partial charge in [-0.25, -0.2) is 0 Å². The molecule has 0 N–H and O–H groups in total. The van der Waals surface area contributed by atoms with Gasteiger partial charge in [0.15, 0.2) is 0 Å². The van der Waals surface area contributed by atoms with Gasteiger partial charge < -0.3 is 0 Å². The van der Waals surface area contributed by atoms with Crippen LogP contribution in [0.1, 0.15) is 60.5 Å². The molecule has 0 saturated carbocycles. The molecule has 2 unspecified atom stereocenters. The maximum Gasteiger partial charge on any atom is 0.0379 e. The Morgan fingerprint density at radius 3 is 1.65 bits per heavy atom. The van der Waals surface area contributed by atoms with Crippen LogP contribution in [0.3, 0.4) is 0 Å². The van der Waals surface area contributed by atoms with Crippen molar-refractivity contribution in [3.05, 3.63) is 239 Å². The standard InChI is InChI=1S/C68H50S/c1-4-16-48-39-51(32-27-43(48)13-1)46-25-30-47(31-26-46)65-57-21-9-11-23-59(57)68(60-24-12-10-22-58(60)65)64-38-37-63(69-64)52-35-36-61-62(42-52)67(54-34-29-45-15-3-6-18-50(45)41-54)56-20-8-7-19-55(56)66(61)53-33-28-44-14-2-5-17-49(44)40-53/h1-9,11,14-26,28-31,33-36,38-43,63H,10,12-13,27,32,37H2. The van der Waals surface area contributed by atoms with Gasteiger partial charge in [0.2, 0.25) is 0 Å². The van der Waals surface area contributed by atoms with Gasteiger partial charge in [-0.05, 0) is 183 Å². The molecule has 69 heavy (non-hydrogen) atoms. The van der Waals surface area contributed by atoms with Crippen LogP contribution in [0.2, 0.25) is 0 Å². The first-order valence-corrected chi connectivity index (χ1v) is 25.9. The van der Waals surface area contributed by atoms with E-state index in [-0.39, 0.29) is 0 Å². The highest BCUT2D eigenvalue weighted by Gasteiger charge is 2.27. The molecular weight excluding hydrogens is 849 g/mol. The number of fused-ring (bicyclic) bond motifs is 7. The summed E-state index contributed by atoms with van der Waals surface area (Å²) in [5.74, 6) is 0.682. The monoisotopic (exact) mass is 898 g/mol. The molecule has 2 atom stereocenters. The first kappa shape index (κ1) is 40.6. The van der Waals surface area contributed by atoms with Gasteiger partial charge in [0.05, 0.1) is 0 Å². The van der Waals surface area contributed by atoms with Crippen molar-refractivity contribution in [2.45, 2.75) is 43.8 Å². The molecule has 14 rings (SSSR count). The second-order valence-electron chi connectivity index (χ2n) is 19.6. The van der Waals surface area contributed by atoms with E-state index in [0.29, 0.717) is 11.2 Å². The van der Waals surface area contributed by atoms with Crippen molar-refractivity contribution in [1.82, 2.24) is 0 Å². The fraction of sp³-hybridized carbons (Fsp3) is 0.118. The summed E-state index contributed by atoms with van der Waals surface area (Å²) < 4.78 is 0. The Balaban J connectivity index is 0.885. The number of thioether (sulfide) groups is 1. The molecule has 1 heterocycles. The summed E-state index contributed by atoms with van der Waals surface area (Å²) >= 11 is 2.06. The molecule has 0 spiro atoms. The lowest BCUT2D eigenvalue weighted by atomic mass is 9.79. The molecule has 1 heteroatoms. The summed E-state index contributed by atoms with van der Waals surface area (Å²) in [5, 5.41) is 16.0. The molecule has 4 aliphatic rings. The van der Waals surface area contributed by atoms with E-state index in [1.807, 2.05) is 0 Å². The SMILES string of the molecule is C1=CCC2CCC(c3ccc(-c4c5c(c(C6=CCC(c7ccc8c(-c9ccc%10ccccc%10c9)c9ccccc9c(-c9ccc%10ccccc%10c9)c8c7)S6)c6ccccc46)=CCCC=5)cc3)=CC2=C1. The Labute approximate surface area is 408 Å². The maximum absolute atomic E-state index is 2.55. The summed E-state index contributed by atoms with van der Waals surface area (Å²) in [5.41, 5.74) is 14.9. The maximum atomic E-state index is 2.55. The van der Waals surface area contributed by atoms with Crippen LogP contribution in [-0.2, 0) is 0 Å². The number of benzene rings is 10. The Bertz CT molecular complexity index is 4040. The number of hydrogen-bond acceptors (Lipinski definition) is 1. The zero-order valence-corrected chi connectivity index (χ0v) is 39.4. The fourth-order valence-electron chi connectivity index (χ4n) is 12.3. The van der Waals surface area contributed by atoms with Crippen LogP contribution in [-0.4, -0.2) is 0 Å².